The van der Waals surface area contributed by atoms with Crippen LogP contribution in [0.1, 0.15) is 31.7 Å². The van der Waals surface area contributed by atoms with Gasteiger partial charge in [-0.1, -0.05) is 19.4 Å². The topological polar surface area (TPSA) is 38.8 Å². The molecule has 1 fully saturated rings. The molecule has 2 atom stereocenters. The van der Waals surface area contributed by atoms with Crippen molar-refractivity contribution in [2.45, 2.75) is 26.2 Å². The van der Waals surface area contributed by atoms with E-state index in [1.807, 2.05) is 6.92 Å². The Balaban J connectivity index is 1.67. The summed E-state index contributed by atoms with van der Waals surface area (Å²) in [6.07, 6.45) is 4.40. The third-order valence-corrected chi connectivity index (χ3v) is 4.96. The van der Waals surface area contributed by atoms with Crippen LogP contribution in [0.25, 0.3) is 5.57 Å². The van der Waals surface area contributed by atoms with Gasteiger partial charge < -0.3 is 14.4 Å². The van der Waals surface area contributed by atoms with E-state index in [1.165, 1.54) is 19.2 Å². The fourth-order valence-electron chi connectivity index (χ4n) is 3.57. The third-order valence-electron chi connectivity index (χ3n) is 4.96. The second kappa shape index (κ2) is 7.42. The molecule has 0 radical (unpaired) electrons. The lowest BCUT2D eigenvalue weighted by Gasteiger charge is -2.17. The lowest BCUT2D eigenvalue weighted by molar-refractivity contribution is 0.107. The molecule has 136 valence electrons. The first-order valence-corrected chi connectivity index (χ1v) is 8.69. The zero-order valence-electron chi connectivity index (χ0n) is 14.6. The molecule has 1 aromatic carbocycles. The first-order valence-electron chi connectivity index (χ1n) is 8.69. The minimum absolute atomic E-state index is 0.0888. The highest BCUT2D eigenvalue weighted by atomic mass is 19.2. The van der Waals surface area contributed by atoms with Crippen molar-refractivity contribution in [3.63, 3.8) is 0 Å². The molecule has 6 heteroatoms. The molecule has 1 aromatic rings. The number of halogens is 2. The number of fused-ring (bicyclic) bond motifs is 1. The van der Waals surface area contributed by atoms with E-state index in [9.17, 15) is 13.6 Å². The molecule has 1 aliphatic heterocycles. The second-order valence-electron chi connectivity index (χ2n) is 6.67. The van der Waals surface area contributed by atoms with E-state index in [0.717, 1.165) is 24.8 Å². The quantitative estimate of drug-likeness (QED) is 0.745. The summed E-state index contributed by atoms with van der Waals surface area (Å²) in [6.45, 7) is 3.75. The lowest BCUT2D eigenvalue weighted by atomic mass is 9.98. The Bertz CT molecular complexity index is 689. The molecule has 0 aromatic heterocycles. The largest absolute Gasteiger partial charge is 0.494 e. The zero-order valence-corrected chi connectivity index (χ0v) is 14.6. The van der Waals surface area contributed by atoms with Gasteiger partial charge in [-0.3, -0.25) is 0 Å². The van der Waals surface area contributed by atoms with Crippen LogP contribution >= 0.6 is 0 Å². The number of ether oxygens (including phenoxy) is 2. The predicted molar refractivity (Wildman–Crippen MR) is 90.3 cm³/mol. The van der Waals surface area contributed by atoms with E-state index in [1.54, 1.807) is 4.90 Å². The van der Waals surface area contributed by atoms with E-state index in [2.05, 4.69) is 6.08 Å². The Morgan fingerprint density at radius 2 is 2.12 bits per heavy atom. The molecule has 0 saturated carbocycles. The molecule has 1 saturated heterocycles. The summed E-state index contributed by atoms with van der Waals surface area (Å²) in [6, 6.07) is 2.74. The number of nitrogens with zero attached hydrogens (tertiary/aromatic N) is 1. The zero-order chi connectivity index (χ0) is 18.0. The maximum absolute atomic E-state index is 13.7. The van der Waals surface area contributed by atoms with E-state index >= 15 is 0 Å². The molecule has 1 heterocycles. The number of methoxy groups -OCH3 is 1. The molecule has 0 bridgehead atoms. The van der Waals surface area contributed by atoms with Gasteiger partial charge in [-0.25, -0.2) is 9.18 Å². The molecule has 1 aliphatic carbocycles. The first-order chi connectivity index (χ1) is 12.0. The Hall–Kier alpha value is -2.11. The van der Waals surface area contributed by atoms with E-state index in [0.29, 0.717) is 31.2 Å². The van der Waals surface area contributed by atoms with Crippen molar-refractivity contribution in [3.05, 3.63) is 35.4 Å². The summed E-state index contributed by atoms with van der Waals surface area (Å²) in [5.74, 6) is -1.44. The molecule has 0 spiro atoms. The van der Waals surface area contributed by atoms with Crippen molar-refractivity contribution < 1.29 is 23.0 Å². The highest BCUT2D eigenvalue weighted by molar-refractivity contribution is 5.72. The summed E-state index contributed by atoms with van der Waals surface area (Å²) in [5, 5.41) is 0. The van der Waals surface area contributed by atoms with Crippen molar-refractivity contribution in [1.29, 1.82) is 0 Å². The highest BCUT2D eigenvalue weighted by Gasteiger charge is 2.39. The Kier molecular flexibility index (Phi) is 5.25. The molecular formula is C19H23F2NO3. The third kappa shape index (κ3) is 3.62. The maximum Gasteiger partial charge on any atom is 0.409 e. The monoisotopic (exact) mass is 351 g/mol. The minimum atomic E-state index is -0.967. The van der Waals surface area contributed by atoms with Crippen molar-refractivity contribution >= 4 is 11.7 Å². The molecule has 3 rings (SSSR count). The fourth-order valence-corrected chi connectivity index (χ4v) is 3.57. The molecule has 1 amide bonds. The van der Waals surface area contributed by atoms with E-state index < -0.39 is 11.6 Å². The van der Waals surface area contributed by atoms with Crippen LogP contribution in [0.3, 0.4) is 0 Å². The number of benzene rings is 1. The van der Waals surface area contributed by atoms with Gasteiger partial charge in [0.05, 0.1) is 13.7 Å². The minimum Gasteiger partial charge on any atom is -0.494 e. The van der Waals surface area contributed by atoms with Crippen LogP contribution in [0.4, 0.5) is 13.6 Å². The van der Waals surface area contributed by atoms with E-state index in [4.69, 9.17) is 9.47 Å². The van der Waals surface area contributed by atoms with Crippen LogP contribution < -0.4 is 4.74 Å². The number of likely N-dealkylation sites (tertiary alicyclic amines) is 1. The van der Waals surface area contributed by atoms with Gasteiger partial charge in [0.25, 0.3) is 0 Å². The smallest absolute Gasteiger partial charge is 0.409 e. The summed E-state index contributed by atoms with van der Waals surface area (Å²) in [4.78, 5) is 13.8. The highest BCUT2D eigenvalue weighted by Crippen LogP contribution is 2.42. The Labute approximate surface area is 146 Å². The molecule has 0 N–H and O–H groups in total. The molecule has 2 aliphatic rings. The second-order valence-corrected chi connectivity index (χ2v) is 6.67. The normalized spacial score (nSPS) is 21.9. The van der Waals surface area contributed by atoms with Crippen molar-refractivity contribution in [3.8, 4) is 5.75 Å². The summed E-state index contributed by atoms with van der Waals surface area (Å²) < 4.78 is 37.5. The summed E-state index contributed by atoms with van der Waals surface area (Å²) >= 11 is 0. The fraction of sp³-hybridized carbons (Fsp3) is 0.526. The molecule has 2 unspecified atom stereocenters. The number of allylic oxidation sites excluding steroid dienone is 1. The number of rotatable bonds is 5. The Morgan fingerprint density at radius 3 is 2.80 bits per heavy atom. The van der Waals surface area contributed by atoms with Crippen molar-refractivity contribution in [1.82, 2.24) is 4.90 Å². The van der Waals surface area contributed by atoms with Crippen molar-refractivity contribution in [2.75, 3.05) is 26.8 Å². The number of unbranched alkanes of at least 4 members (excludes halogenated alkanes) is 1. The number of hydrogen-bond acceptors (Lipinski definition) is 3. The number of hydrogen-bond donors (Lipinski definition) is 0. The van der Waals surface area contributed by atoms with Crippen LogP contribution in [-0.4, -0.2) is 37.8 Å². The first kappa shape index (κ1) is 17.7. The van der Waals surface area contributed by atoms with Gasteiger partial charge in [-0.15, -0.1) is 0 Å². The number of amides is 1. The van der Waals surface area contributed by atoms with Gasteiger partial charge >= 0.3 is 6.09 Å². The average Bonchev–Trinajstić information content (AvgIpc) is 3.16. The van der Waals surface area contributed by atoms with Gasteiger partial charge in [0, 0.05) is 13.1 Å². The molecule has 4 nitrogen and oxygen atoms in total. The number of carbonyl (C=O) groups excluding carboxylic acids is 1. The average molecular weight is 351 g/mol. The SMILES string of the molecule is CCCCOC(=O)N1CC2C=C(c3cc(F)c(F)c(OC)c3)CC2C1. The predicted octanol–water partition coefficient (Wildman–Crippen LogP) is 4.25. The Morgan fingerprint density at radius 1 is 1.32 bits per heavy atom. The molecule has 25 heavy (non-hydrogen) atoms. The summed E-state index contributed by atoms with van der Waals surface area (Å²) in [7, 11) is 1.32. The lowest BCUT2D eigenvalue weighted by Crippen LogP contribution is -2.30. The number of carbonyl (C=O) groups is 1. The van der Waals surface area contributed by atoms with Gasteiger partial charge in [0.2, 0.25) is 5.82 Å². The van der Waals surface area contributed by atoms with E-state index in [-0.39, 0.29) is 17.8 Å². The molecular weight excluding hydrogens is 328 g/mol. The van der Waals surface area contributed by atoms with Crippen molar-refractivity contribution in [2.24, 2.45) is 11.8 Å². The maximum atomic E-state index is 13.7. The van der Waals surface area contributed by atoms with Gasteiger partial charge in [-0.2, -0.15) is 4.39 Å². The van der Waals surface area contributed by atoms with Gasteiger partial charge in [0.15, 0.2) is 11.6 Å². The van der Waals surface area contributed by atoms with Crippen LogP contribution in [0.5, 0.6) is 5.75 Å². The summed E-state index contributed by atoms with van der Waals surface area (Å²) in [5.41, 5.74) is 1.62. The van der Waals surface area contributed by atoms with Crippen LogP contribution in [0.2, 0.25) is 0 Å². The van der Waals surface area contributed by atoms with Crippen LogP contribution in [0, 0.1) is 23.5 Å². The standard InChI is InChI=1S/C19H23F2NO3/c1-3-4-5-25-19(23)22-10-14-6-12(7-15(14)11-22)13-8-16(20)18(21)17(9-13)24-2/h6,8-9,14-15H,3-5,7,10-11H2,1-2H3. The van der Waals surface area contributed by atoms with Crippen LogP contribution in [-0.2, 0) is 4.74 Å². The van der Waals surface area contributed by atoms with Gasteiger partial charge in [0.1, 0.15) is 0 Å². The van der Waals surface area contributed by atoms with Crippen LogP contribution in [0.15, 0.2) is 18.2 Å². The van der Waals surface area contributed by atoms with Gasteiger partial charge in [-0.05, 0) is 47.9 Å².